The molecule has 0 bridgehead atoms. The van der Waals surface area contributed by atoms with Gasteiger partial charge in [0.25, 0.3) is 5.91 Å². The molecule has 1 aliphatic heterocycles. The quantitative estimate of drug-likeness (QED) is 0.774. The average molecular weight is 397 g/mol. The number of anilines is 2. The molecule has 156 valence electrons. The Bertz CT molecular complexity index is 788. The molecule has 1 amide bonds. The van der Waals surface area contributed by atoms with Crippen LogP contribution in [-0.2, 0) is 14.9 Å². The van der Waals surface area contributed by atoms with Gasteiger partial charge < -0.3 is 19.7 Å². The molecule has 2 aromatic rings. The summed E-state index contributed by atoms with van der Waals surface area (Å²) >= 11 is 0. The van der Waals surface area contributed by atoms with Gasteiger partial charge in [-0.05, 0) is 53.8 Å². The Labute approximate surface area is 174 Å². The van der Waals surface area contributed by atoms with E-state index >= 15 is 0 Å². The molecule has 3 rings (SSSR count). The number of nitrogens with one attached hydrogen (secondary N) is 1. The Hall–Kier alpha value is -2.53. The zero-order chi connectivity index (χ0) is 20.9. The molecular formula is C24H32N2O3. The highest BCUT2D eigenvalue weighted by molar-refractivity contribution is 5.94. The third-order valence-corrected chi connectivity index (χ3v) is 5.17. The van der Waals surface area contributed by atoms with Crippen LogP contribution in [0.25, 0.3) is 0 Å². The molecule has 5 nitrogen and oxygen atoms in total. The van der Waals surface area contributed by atoms with E-state index in [9.17, 15) is 4.79 Å². The molecule has 2 aromatic carbocycles. The van der Waals surface area contributed by atoms with Gasteiger partial charge in [-0.2, -0.15) is 0 Å². The van der Waals surface area contributed by atoms with Crippen LogP contribution in [0.15, 0.2) is 48.5 Å². The topological polar surface area (TPSA) is 50.8 Å². The van der Waals surface area contributed by atoms with E-state index in [0.717, 1.165) is 37.7 Å². The summed E-state index contributed by atoms with van der Waals surface area (Å²) in [6.07, 6.45) is 0.0630. The van der Waals surface area contributed by atoms with Gasteiger partial charge in [0.1, 0.15) is 5.75 Å². The largest absolute Gasteiger partial charge is 0.481 e. The van der Waals surface area contributed by atoms with Crippen molar-refractivity contribution in [2.24, 2.45) is 0 Å². The van der Waals surface area contributed by atoms with Crippen LogP contribution >= 0.6 is 0 Å². The molecule has 1 fully saturated rings. The molecule has 0 aromatic heterocycles. The van der Waals surface area contributed by atoms with E-state index in [0.29, 0.717) is 12.2 Å². The minimum atomic E-state index is -0.533. The van der Waals surface area contributed by atoms with Crippen molar-refractivity contribution in [2.45, 2.75) is 45.6 Å². The van der Waals surface area contributed by atoms with Crippen molar-refractivity contribution in [1.29, 1.82) is 0 Å². The van der Waals surface area contributed by atoms with Crippen molar-refractivity contribution in [3.8, 4) is 5.75 Å². The lowest BCUT2D eigenvalue weighted by atomic mass is 9.87. The Morgan fingerprint density at radius 1 is 1.07 bits per heavy atom. The SMILES string of the molecule is CC[C@@H](Oc1ccc(C(C)(C)C)cc1)C(=O)Nc1ccc(N2CCOCC2)cc1. The van der Waals surface area contributed by atoms with Crippen LogP contribution in [-0.4, -0.2) is 38.3 Å². The maximum absolute atomic E-state index is 12.7. The molecule has 1 heterocycles. The van der Waals surface area contributed by atoms with Crippen LogP contribution in [0.4, 0.5) is 11.4 Å². The van der Waals surface area contributed by atoms with Gasteiger partial charge in [0.05, 0.1) is 13.2 Å². The van der Waals surface area contributed by atoms with Gasteiger partial charge in [0.15, 0.2) is 6.10 Å². The molecule has 0 aliphatic carbocycles. The van der Waals surface area contributed by atoms with Crippen LogP contribution < -0.4 is 15.0 Å². The maximum Gasteiger partial charge on any atom is 0.265 e. The second-order valence-electron chi connectivity index (χ2n) is 8.42. The molecule has 5 heteroatoms. The van der Waals surface area contributed by atoms with Gasteiger partial charge in [-0.25, -0.2) is 0 Å². The third-order valence-electron chi connectivity index (χ3n) is 5.17. The van der Waals surface area contributed by atoms with E-state index < -0.39 is 6.10 Å². The van der Waals surface area contributed by atoms with Crippen LogP contribution in [0.5, 0.6) is 5.75 Å². The number of carbonyl (C=O) groups is 1. The van der Waals surface area contributed by atoms with E-state index in [4.69, 9.17) is 9.47 Å². The number of amides is 1. The predicted octanol–water partition coefficient (Wildman–Crippen LogP) is 4.62. The number of ether oxygens (including phenoxy) is 2. The molecule has 0 unspecified atom stereocenters. The van der Waals surface area contributed by atoms with E-state index in [2.05, 4.69) is 43.1 Å². The van der Waals surface area contributed by atoms with Gasteiger partial charge in [-0.1, -0.05) is 39.8 Å². The molecule has 29 heavy (non-hydrogen) atoms. The Balaban J connectivity index is 1.59. The first-order chi connectivity index (χ1) is 13.9. The van der Waals surface area contributed by atoms with Crippen molar-refractivity contribution < 1.29 is 14.3 Å². The van der Waals surface area contributed by atoms with Crippen molar-refractivity contribution in [3.63, 3.8) is 0 Å². The Morgan fingerprint density at radius 2 is 1.69 bits per heavy atom. The summed E-state index contributed by atoms with van der Waals surface area (Å²) in [5.41, 5.74) is 3.25. The van der Waals surface area contributed by atoms with Gasteiger partial charge >= 0.3 is 0 Å². The molecule has 1 atom stereocenters. The zero-order valence-corrected chi connectivity index (χ0v) is 17.9. The summed E-state index contributed by atoms with van der Waals surface area (Å²) in [6, 6.07) is 15.9. The number of rotatable bonds is 6. The molecule has 0 spiro atoms. The van der Waals surface area contributed by atoms with Gasteiger partial charge in [0.2, 0.25) is 0 Å². The van der Waals surface area contributed by atoms with Crippen LogP contribution in [0.3, 0.4) is 0 Å². The molecule has 1 saturated heterocycles. The minimum Gasteiger partial charge on any atom is -0.481 e. The second-order valence-corrected chi connectivity index (χ2v) is 8.42. The number of hydrogen-bond acceptors (Lipinski definition) is 4. The molecule has 1 N–H and O–H groups in total. The highest BCUT2D eigenvalue weighted by Crippen LogP contribution is 2.25. The average Bonchev–Trinajstić information content (AvgIpc) is 2.73. The van der Waals surface area contributed by atoms with Gasteiger partial charge in [-0.15, -0.1) is 0 Å². The summed E-state index contributed by atoms with van der Waals surface area (Å²) in [5, 5.41) is 2.97. The predicted molar refractivity (Wildman–Crippen MR) is 118 cm³/mol. The lowest BCUT2D eigenvalue weighted by molar-refractivity contribution is -0.122. The number of carbonyl (C=O) groups excluding carboxylic acids is 1. The summed E-state index contributed by atoms with van der Waals surface area (Å²) < 4.78 is 11.3. The zero-order valence-electron chi connectivity index (χ0n) is 17.9. The molecular weight excluding hydrogens is 364 g/mol. The fourth-order valence-electron chi connectivity index (χ4n) is 3.32. The fourth-order valence-corrected chi connectivity index (χ4v) is 3.32. The number of hydrogen-bond donors (Lipinski definition) is 1. The van der Waals surface area contributed by atoms with Crippen LogP contribution in [0.2, 0.25) is 0 Å². The Kier molecular flexibility index (Phi) is 6.80. The third kappa shape index (κ3) is 5.73. The first-order valence-electron chi connectivity index (χ1n) is 10.4. The van der Waals surface area contributed by atoms with E-state index in [1.54, 1.807) is 0 Å². The second kappa shape index (κ2) is 9.31. The van der Waals surface area contributed by atoms with Crippen LogP contribution in [0, 0.1) is 0 Å². The first-order valence-corrected chi connectivity index (χ1v) is 10.4. The van der Waals surface area contributed by atoms with E-state index in [1.165, 1.54) is 5.56 Å². The van der Waals surface area contributed by atoms with E-state index in [1.807, 2.05) is 43.3 Å². The highest BCUT2D eigenvalue weighted by atomic mass is 16.5. The smallest absolute Gasteiger partial charge is 0.265 e. The van der Waals surface area contributed by atoms with Crippen molar-refractivity contribution in [2.75, 3.05) is 36.5 Å². The molecule has 1 aliphatic rings. The summed E-state index contributed by atoms with van der Waals surface area (Å²) in [6.45, 7) is 11.8. The fraction of sp³-hybridized carbons (Fsp3) is 0.458. The van der Waals surface area contributed by atoms with Crippen molar-refractivity contribution in [1.82, 2.24) is 0 Å². The first kappa shape index (κ1) is 21.2. The number of nitrogens with zero attached hydrogens (tertiary/aromatic N) is 1. The van der Waals surface area contributed by atoms with Crippen molar-refractivity contribution in [3.05, 3.63) is 54.1 Å². The standard InChI is InChI=1S/C24H32N2O3/c1-5-22(29-21-12-6-18(7-13-21)24(2,3)4)23(27)25-19-8-10-20(11-9-19)26-14-16-28-17-15-26/h6-13,22H,5,14-17H2,1-4H3,(H,25,27)/t22-/m1/s1. The van der Waals surface area contributed by atoms with E-state index in [-0.39, 0.29) is 11.3 Å². The number of morpholine rings is 1. The van der Waals surface area contributed by atoms with Gasteiger partial charge in [-0.3, -0.25) is 4.79 Å². The maximum atomic E-state index is 12.7. The highest BCUT2D eigenvalue weighted by Gasteiger charge is 2.20. The van der Waals surface area contributed by atoms with Gasteiger partial charge in [0, 0.05) is 24.5 Å². The normalized spacial score (nSPS) is 15.7. The molecule has 0 radical (unpaired) electrons. The minimum absolute atomic E-state index is 0.0907. The van der Waals surface area contributed by atoms with Crippen LogP contribution in [0.1, 0.15) is 39.7 Å². The summed E-state index contributed by atoms with van der Waals surface area (Å²) in [4.78, 5) is 15.0. The summed E-state index contributed by atoms with van der Waals surface area (Å²) in [5.74, 6) is 0.578. The lowest BCUT2D eigenvalue weighted by Gasteiger charge is -2.29. The lowest BCUT2D eigenvalue weighted by Crippen LogP contribution is -2.36. The molecule has 0 saturated carbocycles. The monoisotopic (exact) mass is 396 g/mol. The Morgan fingerprint density at radius 3 is 2.24 bits per heavy atom. The number of benzene rings is 2. The summed E-state index contributed by atoms with van der Waals surface area (Å²) in [7, 11) is 0. The van der Waals surface area contributed by atoms with Crippen molar-refractivity contribution >= 4 is 17.3 Å².